The Balaban J connectivity index is 1.78. The quantitative estimate of drug-likeness (QED) is 0.940. The van der Waals surface area contributed by atoms with Crippen molar-refractivity contribution in [2.24, 2.45) is 0 Å². The molecule has 5 nitrogen and oxygen atoms in total. The van der Waals surface area contributed by atoms with Crippen molar-refractivity contribution in [1.82, 2.24) is 14.9 Å². The monoisotopic (exact) mass is 331 g/mol. The first-order valence-corrected chi connectivity index (χ1v) is 8.69. The van der Waals surface area contributed by atoms with Crippen molar-refractivity contribution in [3.05, 3.63) is 49.3 Å². The van der Waals surface area contributed by atoms with Crippen LogP contribution >= 0.6 is 11.3 Å². The third-order valence-corrected chi connectivity index (χ3v) is 5.35. The number of fused-ring (bicyclic) bond motifs is 1. The van der Waals surface area contributed by atoms with Crippen LogP contribution in [0.5, 0.6) is 0 Å². The number of nitrogens with zero attached hydrogens (tertiary/aromatic N) is 2. The van der Waals surface area contributed by atoms with Crippen LogP contribution in [-0.2, 0) is 6.42 Å². The summed E-state index contributed by atoms with van der Waals surface area (Å²) in [4.78, 5) is 34.9. The largest absolute Gasteiger partial charge is 0.341 e. The van der Waals surface area contributed by atoms with Crippen molar-refractivity contribution in [3.63, 3.8) is 0 Å². The van der Waals surface area contributed by atoms with Crippen molar-refractivity contribution in [2.45, 2.75) is 39.0 Å². The highest BCUT2D eigenvalue weighted by Crippen LogP contribution is 2.35. The zero-order valence-electron chi connectivity index (χ0n) is 13.7. The van der Waals surface area contributed by atoms with E-state index in [1.54, 1.807) is 42.3 Å². The molecule has 0 fully saturated rings. The summed E-state index contributed by atoms with van der Waals surface area (Å²) in [5, 5.41) is 1.09. The maximum atomic E-state index is 12.6. The molecule has 1 N–H and O–H groups in total. The molecule has 1 aliphatic rings. The molecule has 0 saturated heterocycles. The SMILES string of the molecule is Cc1ccc(C(=O)N(C)C[C@H]2CCCc3sc(C)nc32)c(=O)[nH]1. The number of hydrogen-bond donors (Lipinski definition) is 1. The number of nitrogens with one attached hydrogen (secondary N) is 1. The van der Waals surface area contributed by atoms with Crippen molar-refractivity contribution in [3.8, 4) is 0 Å². The number of carbonyl (C=O) groups is 1. The first-order valence-electron chi connectivity index (χ1n) is 7.87. The fourth-order valence-electron chi connectivity index (χ4n) is 3.17. The molecule has 1 amide bonds. The van der Waals surface area contributed by atoms with E-state index in [1.165, 1.54) is 4.88 Å². The molecule has 2 heterocycles. The molecule has 0 unspecified atom stereocenters. The second kappa shape index (κ2) is 6.28. The number of aromatic amines is 1. The van der Waals surface area contributed by atoms with E-state index < -0.39 is 0 Å². The van der Waals surface area contributed by atoms with Gasteiger partial charge in [-0.15, -0.1) is 11.3 Å². The summed E-state index contributed by atoms with van der Waals surface area (Å²) in [6, 6.07) is 3.36. The molecule has 0 aromatic carbocycles. The fourth-order valence-corrected chi connectivity index (χ4v) is 4.23. The highest BCUT2D eigenvalue weighted by atomic mass is 32.1. The summed E-state index contributed by atoms with van der Waals surface area (Å²) in [5.74, 6) is 0.0347. The predicted molar refractivity (Wildman–Crippen MR) is 91.3 cm³/mol. The van der Waals surface area contributed by atoms with Crippen molar-refractivity contribution in [1.29, 1.82) is 0 Å². The summed E-state index contributed by atoms with van der Waals surface area (Å²) in [6.07, 6.45) is 3.26. The van der Waals surface area contributed by atoms with Crippen molar-refractivity contribution >= 4 is 17.2 Å². The smallest absolute Gasteiger partial charge is 0.260 e. The Bertz CT molecular complexity index is 793. The van der Waals surface area contributed by atoms with E-state index in [0.717, 1.165) is 35.7 Å². The summed E-state index contributed by atoms with van der Waals surface area (Å²) in [5.41, 5.74) is 1.78. The molecular weight excluding hydrogens is 310 g/mol. The van der Waals surface area contributed by atoms with Crippen LogP contribution in [0.4, 0.5) is 0 Å². The van der Waals surface area contributed by atoms with Gasteiger partial charge in [0.25, 0.3) is 11.5 Å². The minimum atomic E-state index is -0.323. The second-order valence-corrected chi connectivity index (χ2v) is 7.49. The fraction of sp³-hybridized carbons (Fsp3) is 0.471. The van der Waals surface area contributed by atoms with Gasteiger partial charge in [-0.05, 0) is 45.2 Å². The third-order valence-electron chi connectivity index (χ3n) is 4.30. The van der Waals surface area contributed by atoms with Crippen LogP contribution < -0.4 is 5.56 Å². The van der Waals surface area contributed by atoms with Gasteiger partial charge in [0, 0.05) is 30.1 Å². The number of likely N-dealkylation sites (N-methyl/N-ethyl adjacent to an activating group) is 1. The standard InChI is InChI=1S/C17H21N3O2S/c1-10-7-8-13(16(21)18-10)17(22)20(3)9-12-5-4-6-14-15(12)19-11(2)23-14/h7-8,12H,4-6,9H2,1-3H3,(H,18,21)/t12-/m1/s1. The highest BCUT2D eigenvalue weighted by Gasteiger charge is 2.27. The van der Waals surface area contributed by atoms with Crippen LogP contribution in [0.15, 0.2) is 16.9 Å². The molecule has 0 spiro atoms. The number of carbonyl (C=O) groups excluding carboxylic acids is 1. The summed E-state index contributed by atoms with van der Waals surface area (Å²) >= 11 is 1.76. The van der Waals surface area contributed by atoms with Crippen molar-refractivity contribution < 1.29 is 4.79 Å². The molecule has 122 valence electrons. The molecule has 0 bridgehead atoms. The molecule has 2 aromatic heterocycles. The minimum absolute atomic E-state index is 0.198. The van der Waals surface area contributed by atoms with Crippen molar-refractivity contribution in [2.75, 3.05) is 13.6 Å². The van der Waals surface area contributed by atoms with E-state index in [2.05, 4.69) is 9.97 Å². The zero-order chi connectivity index (χ0) is 16.6. The Morgan fingerprint density at radius 1 is 1.43 bits per heavy atom. The molecule has 1 aliphatic carbocycles. The first-order chi connectivity index (χ1) is 11.0. The Kier molecular flexibility index (Phi) is 4.35. The zero-order valence-corrected chi connectivity index (χ0v) is 14.5. The second-order valence-electron chi connectivity index (χ2n) is 6.20. The van der Waals surface area contributed by atoms with Crippen LogP contribution in [0.25, 0.3) is 0 Å². The lowest BCUT2D eigenvalue weighted by Gasteiger charge is -2.26. The predicted octanol–water partition coefficient (Wildman–Crippen LogP) is 2.64. The number of pyridine rings is 1. The van der Waals surface area contributed by atoms with Gasteiger partial charge < -0.3 is 9.88 Å². The molecular formula is C17H21N3O2S. The summed E-state index contributed by atoms with van der Waals surface area (Å²) in [7, 11) is 1.76. The maximum absolute atomic E-state index is 12.6. The van der Waals surface area contributed by atoms with E-state index >= 15 is 0 Å². The highest BCUT2D eigenvalue weighted by molar-refractivity contribution is 7.11. The molecule has 1 atom stereocenters. The molecule has 2 aromatic rings. The normalized spacial score (nSPS) is 16.9. The topological polar surface area (TPSA) is 66.1 Å². The summed E-state index contributed by atoms with van der Waals surface area (Å²) in [6.45, 7) is 4.43. The van der Waals surface area contributed by atoms with E-state index in [1.807, 2.05) is 6.92 Å². The van der Waals surface area contributed by atoms with Gasteiger partial charge in [-0.2, -0.15) is 0 Å². The van der Waals surface area contributed by atoms with Gasteiger partial charge in [-0.3, -0.25) is 9.59 Å². The van der Waals surface area contributed by atoms with Gasteiger partial charge in [-0.25, -0.2) is 4.98 Å². The van der Waals surface area contributed by atoms with Gasteiger partial charge in [0.2, 0.25) is 0 Å². The summed E-state index contributed by atoms with van der Waals surface area (Å²) < 4.78 is 0. The van der Waals surface area contributed by atoms with Crippen LogP contribution in [0.3, 0.4) is 0 Å². The van der Waals surface area contributed by atoms with Crippen LogP contribution in [-0.4, -0.2) is 34.4 Å². The lowest BCUT2D eigenvalue weighted by Crippen LogP contribution is -2.35. The number of amides is 1. The molecule has 3 rings (SSSR count). The molecule has 23 heavy (non-hydrogen) atoms. The van der Waals surface area contributed by atoms with Gasteiger partial charge in [0.05, 0.1) is 10.7 Å². The lowest BCUT2D eigenvalue weighted by molar-refractivity contribution is 0.0781. The van der Waals surface area contributed by atoms with E-state index in [-0.39, 0.29) is 22.9 Å². The Morgan fingerprint density at radius 3 is 2.96 bits per heavy atom. The van der Waals surface area contributed by atoms with Crippen LogP contribution in [0.2, 0.25) is 0 Å². The van der Waals surface area contributed by atoms with Gasteiger partial charge >= 0.3 is 0 Å². The molecule has 0 aliphatic heterocycles. The van der Waals surface area contributed by atoms with E-state index in [9.17, 15) is 9.59 Å². The van der Waals surface area contributed by atoms with E-state index in [0.29, 0.717) is 6.54 Å². The third kappa shape index (κ3) is 3.22. The van der Waals surface area contributed by atoms with Gasteiger partial charge in [-0.1, -0.05) is 0 Å². The number of aromatic nitrogens is 2. The number of hydrogen-bond acceptors (Lipinski definition) is 4. The van der Waals surface area contributed by atoms with Crippen LogP contribution in [0.1, 0.15) is 50.4 Å². The van der Waals surface area contributed by atoms with Gasteiger partial charge in [0.1, 0.15) is 5.56 Å². The number of H-pyrrole nitrogens is 1. The molecule has 0 saturated carbocycles. The number of rotatable bonds is 3. The first kappa shape index (κ1) is 15.9. The van der Waals surface area contributed by atoms with Crippen LogP contribution in [0, 0.1) is 13.8 Å². The van der Waals surface area contributed by atoms with Gasteiger partial charge in [0.15, 0.2) is 0 Å². The maximum Gasteiger partial charge on any atom is 0.260 e. The average molecular weight is 331 g/mol. The molecule has 6 heteroatoms. The average Bonchev–Trinajstić information content (AvgIpc) is 2.88. The number of thiazole rings is 1. The Labute approximate surface area is 139 Å². The lowest BCUT2D eigenvalue weighted by atomic mass is 9.90. The molecule has 0 radical (unpaired) electrons. The van der Waals surface area contributed by atoms with E-state index in [4.69, 9.17) is 0 Å². The Morgan fingerprint density at radius 2 is 2.22 bits per heavy atom. The number of aryl methyl sites for hydroxylation is 3. The Hall–Kier alpha value is -1.95. The minimum Gasteiger partial charge on any atom is -0.341 e.